The van der Waals surface area contributed by atoms with E-state index in [4.69, 9.17) is 0 Å². The van der Waals surface area contributed by atoms with Crippen molar-refractivity contribution in [3.63, 3.8) is 0 Å². The molecule has 2 N–H and O–H groups in total. The van der Waals surface area contributed by atoms with E-state index in [0.29, 0.717) is 18.5 Å². The Morgan fingerprint density at radius 1 is 1.33 bits per heavy atom. The van der Waals surface area contributed by atoms with Crippen LogP contribution in [-0.2, 0) is 4.79 Å². The monoisotopic (exact) mass is 250 g/mol. The topological polar surface area (TPSA) is 41.1 Å². The van der Waals surface area contributed by atoms with Gasteiger partial charge in [-0.3, -0.25) is 4.79 Å². The van der Waals surface area contributed by atoms with E-state index in [2.05, 4.69) is 17.6 Å². The van der Waals surface area contributed by atoms with Crippen LogP contribution in [0.3, 0.4) is 0 Å². The van der Waals surface area contributed by atoms with E-state index >= 15 is 0 Å². The molecule has 3 nitrogen and oxygen atoms in total. The molecular formula is C15H26N2O. The van der Waals surface area contributed by atoms with Crippen LogP contribution < -0.4 is 10.6 Å². The van der Waals surface area contributed by atoms with Crippen molar-refractivity contribution in [1.29, 1.82) is 0 Å². The number of amides is 1. The minimum atomic E-state index is 0.254. The molecule has 18 heavy (non-hydrogen) atoms. The Bertz CT molecular complexity index is 312. The minimum absolute atomic E-state index is 0.254. The summed E-state index contributed by atoms with van der Waals surface area (Å²) in [5.74, 6) is 2.87. The highest BCUT2D eigenvalue weighted by Gasteiger charge is 2.42. The Morgan fingerprint density at radius 2 is 2.22 bits per heavy atom. The summed E-state index contributed by atoms with van der Waals surface area (Å²) in [5.41, 5.74) is 0. The Kier molecular flexibility index (Phi) is 3.60. The van der Waals surface area contributed by atoms with Crippen LogP contribution in [-0.4, -0.2) is 24.5 Å². The zero-order chi connectivity index (χ0) is 12.5. The van der Waals surface area contributed by atoms with Crippen molar-refractivity contribution in [2.45, 2.75) is 64.0 Å². The number of fused-ring (bicyclic) bond motifs is 2. The first-order chi connectivity index (χ1) is 8.72. The fourth-order valence-corrected chi connectivity index (χ4v) is 4.48. The molecule has 2 saturated carbocycles. The quantitative estimate of drug-likeness (QED) is 0.802. The van der Waals surface area contributed by atoms with Crippen molar-refractivity contribution in [3.8, 4) is 0 Å². The maximum Gasteiger partial charge on any atom is 0.221 e. The van der Waals surface area contributed by atoms with Gasteiger partial charge in [-0.05, 0) is 63.3 Å². The van der Waals surface area contributed by atoms with Gasteiger partial charge in [0.2, 0.25) is 5.91 Å². The third-order valence-electron chi connectivity index (χ3n) is 5.42. The summed E-state index contributed by atoms with van der Waals surface area (Å²) < 4.78 is 0. The van der Waals surface area contributed by atoms with E-state index in [0.717, 1.165) is 30.7 Å². The lowest BCUT2D eigenvalue weighted by atomic mass is 9.84. The van der Waals surface area contributed by atoms with Crippen molar-refractivity contribution in [3.05, 3.63) is 0 Å². The first-order valence-corrected chi connectivity index (χ1v) is 7.75. The Hall–Kier alpha value is -0.570. The van der Waals surface area contributed by atoms with E-state index < -0.39 is 0 Å². The molecule has 3 rings (SSSR count). The zero-order valence-electron chi connectivity index (χ0n) is 11.5. The molecule has 0 aromatic rings. The Labute approximate surface area is 110 Å². The molecule has 3 fully saturated rings. The van der Waals surface area contributed by atoms with Crippen molar-refractivity contribution in [2.24, 2.45) is 17.8 Å². The van der Waals surface area contributed by atoms with Crippen LogP contribution in [0.2, 0.25) is 0 Å². The van der Waals surface area contributed by atoms with E-state index in [1.807, 2.05) is 0 Å². The van der Waals surface area contributed by atoms with Crippen molar-refractivity contribution in [2.75, 3.05) is 6.54 Å². The van der Waals surface area contributed by atoms with Gasteiger partial charge in [0.15, 0.2) is 0 Å². The van der Waals surface area contributed by atoms with Crippen LogP contribution in [0.1, 0.15) is 51.9 Å². The molecule has 2 bridgehead atoms. The number of rotatable bonds is 4. The third-order valence-corrected chi connectivity index (χ3v) is 5.42. The SMILES string of the molecule is CC(NC(=O)CC1CCCN1)C1CC2CCC1C2. The molecule has 0 radical (unpaired) electrons. The average molecular weight is 250 g/mol. The average Bonchev–Trinajstić information content (AvgIpc) is 3.04. The van der Waals surface area contributed by atoms with Crippen molar-refractivity contribution in [1.82, 2.24) is 10.6 Å². The highest BCUT2D eigenvalue weighted by atomic mass is 16.1. The standard InChI is InChI=1S/C15H26N2O/c1-10(14-8-11-4-5-12(14)7-11)17-15(18)9-13-3-2-6-16-13/h10-14,16H,2-9H2,1H3,(H,17,18). The third kappa shape index (κ3) is 2.56. The smallest absolute Gasteiger partial charge is 0.221 e. The lowest BCUT2D eigenvalue weighted by Crippen LogP contribution is -2.42. The van der Waals surface area contributed by atoms with Gasteiger partial charge >= 0.3 is 0 Å². The molecule has 0 spiro atoms. The van der Waals surface area contributed by atoms with Crippen LogP contribution in [0.4, 0.5) is 0 Å². The normalized spacial score (nSPS) is 40.1. The van der Waals surface area contributed by atoms with Crippen LogP contribution in [0, 0.1) is 17.8 Å². The first kappa shape index (κ1) is 12.5. The summed E-state index contributed by atoms with van der Waals surface area (Å²) in [6, 6.07) is 0.812. The number of hydrogen-bond acceptors (Lipinski definition) is 2. The molecule has 3 heteroatoms. The number of carbonyl (C=O) groups excluding carboxylic acids is 1. The molecule has 0 aromatic heterocycles. The van der Waals surface area contributed by atoms with Crippen LogP contribution in [0.25, 0.3) is 0 Å². The maximum absolute atomic E-state index is 12.0. The van der Waals surface area contributed by atoms with E-state index in [1.165, 1.54) is 32.1 Å². The van der Waals surface area contributed by atoms with Gasteiger partial charge in [0.25, 0.3) is 0 Å². The summed E-state index contributed by atoms with van der Waals surface area (Å²) >= 11 is 0. The summed E-state index contributed by atoms with van der Waals surface area (Å²) in [4.78, 5) is 12.0. The van der Waals surface area contributed by atoms with Gasteiger partial charge in [-0.2, -0.15) is 0 Å². The van der Waals surface area contributed by atoms with Crippen molar-refractivity contribution < 1.29 is 4.79 Å². The zero-order valence-corrected chi connectivity index (χ0v) is 11.5. The second-order valence-electron chi connectivity index (χ2n) is 6.69. The molecule has 2 aliphatic carbocycles. The summed E-state index contributed by atoms with van der Waals surface area (Å²) in [5, 5.41) is 6.65. The summed E-state index contributed by atoms with van der Waals surface area (Å²) in [7, 11) is 0. The highest BCUT2D eigenvalue weighted by Crippen LogP contribution is 2.49. The van der Waals surface area contributed by atoms with Gasteiger partial charge in [-0.15, -0.1) is 0 Å². The fraction of sp³-hybridized carbons (Fsp3) is 0.933. The molecule has 1 aliphatic heterocycles. The predicted molar refractivity (Wildman–Crippen MR) is 72.2 cm³/mol. The van der Waals surface area contributed by atoms with Crippen LogP contribution in [0.15, 0.2) is 0 Å². The second-order valence-corrected chi connectivity index (χ2v) is 6.69. The molecule has 1 heterocycles. The number of carbonyl (C=O) groups is 1. The van der Waals surface area contributed by atoms with E-state index in [1.54, 1.807) is 0 Å². The van der Waals surface area contributed by atoms with Gasteiger partial charge < -0.3 is 10.6 Å². The number of hydrogen-bond donors (Lipinski definition) is 2. The maximum atomic E-state index is 12.0. The molecule has 102 valence electrons. The lowest BCUT2D eigenvalue weighted by molar-refractivity contribution is -0.122. The molecule has 5 unspecified atom stereocenters. The molecule has 1 saturated heterocycles. The Morgan fingerprint density at radius 3 is 2.83 bits per heavy atom. The molecule has 5 atom stereocenters. The minimum Gasteiger partial charge on any atom is -0.353 e. The van der Waals surface area contributed by atoms with Crippen LogP contribution in [0.5, 0.6) is 0 Å². The van der Waals surface area contributed by atoms with Gasteiger partial charge in [-0.25, -0.2) is 0 Å². The first-order valence-electron chi connectivity index (χ1n) is 7.75. The van der Waals surface area contributed by atoms with Gasteiger partial charge in [0, 0.05) is 18.5 Å². The molecule has 1 amide bonds. The molecule has 3 aliphatic rings. The van der Waals surface area contributed by atoms with E-state index in [-0.39, 0.29) is 5.91 Å². The predicted octanol–water partition coefficient (Wildman–Crippen LogP) is 2.07. The van der Waals surface area contributed by atoms with Gasteiger partial charge in [-0.1, -0.05) is 6.42 Å². The molecular weight excluding hydrogens is 224 g/mol. The lowest BCUT2D eigenvalue weighted by Gasteiger charge is -2.28. The van der Waals surface area contributed by atoms with Crippen LogP contribution >= 0.6 is 0 Å². The fourth-order valence-electron chi connectivity index (χ4n) is 4.48. The Balaban J connectivity index is 1.45. The largest absolute Gasteiger partial charge is 0.353 e. The second kappa shape index (κ2) is 5.20. The summed E-state index contributed by atoms with van der Waals surface area (Å²) in [6.45, 7) is 3.30. The molecule has 0 aromatic carbocycles. The highest BCUT2D eigenvalue weighted by molar-refractivity contribution is 5.76. The van der Waals surface area contributed by atoms with Gasteiger partial charge in [0.05, 0.1) is 0 Å². The van der Waals surface area contributed by atoms with E-state index in [9.17, 15) is 4.79 Å². The van der Waals surface area contributed by atoms with Gasteiger partial charge in [0.1, 0.15) is 0 Å². The van der Waals surface area contributed by atoms with Crippen molar-refractivity contribution >= 4 is 5.91 Å². The summed E-state index contributed by atoms with van der Waals surface area (Å²) in [6.07, 6.45) is 8.68. The number of nitrogens with one attached hydrogen (secondary N) is 2.